The Morgan fingerprint density at radius 3 is 2.69 bits per heavy atom. The van der Waals surface area contributed by atoms with Gasteiger partial charge in [0.05, 0.1) is 5.54 Å². The molecular formula is C7H10FNO3S. The van der Waals surface area contributed by atoms with Gasteiger partial charge in [0.1, 0.15) is 5.75 Å². The van der Waals surface area contributed by atoms with Crippen molar-refractivity contribution >= 4 is 16.1 Å². The Morgan fingerprint density at radius 2 is 2.31 bits per heavy atom. The molecule has 6 heteroatoms. The van der Waals surface area contributed by atoms with Crippen LogP contribution in [0.2, 0.25) is 0 Å². The molecular weight excluding hydrogens is 197 g/mol. The number of fused-ring (bicyclic) bond motifs is 2. The lowest BCUT2D eigenvalue weighted by Crippen LogP contribution is -2.47. The minimum Gasteiger partial charge on any atom is -0.349 e. The Kier molecular flexibility index (Phi) is 1.67. The average Bonchev–Trinajstić information content (AvgIpc) is 2.38. The SMILES string of the molecule is O=C1NC2(CS(=O)(=O)F)CCC1C2. The summed E-state index contributed by atoms with van der Waals surface area (Å²) in [5.41, 5.74) is -0.796. The van der Waals surface area contributed by atoms with Crippen LogP contribution in [0.1, 0.15) is 19.3 Å². The summed E-state index contributed by atoms with van der Waals surface area (Å²) in [6, 6.07) is 0. The molecule has 1 N–H and O–H groups in total. The van der Waals surface area contributed by atoms with E-state index in [0.717, 1.165) is 0 Å². The summed E-state index contributed by atoms with van der Waals surface area (Å²) in [6.07, 6.45) is 1.73. The van der Waals surface area contributed by atoms with Crippen LogP contribution in [0.15, 0.2) is 0 Å². The minimum absolute atomic E-state index is 0.0956. The molecule has 13 heavy (non-hydrogen) atoms. The van der Waals surface area contributed by atoms with Gasteiger partial charge >= 0.3 is 10.2 Å². The highest BCUT2D eigenvalue weighted by Gasteiger charge is 2.51. The lowest BCUT2D eigenvalue weighted by Gasteiger charge is -2.25. The van der Waals surface area contributed by atoms with E-state index >= 15 is 0 Å². The standard InChI is InChI=1S/C7H10FNO3S/c8-13(11,12)4-7-2-1-5(3-7)6(10)9-7/h5H,1-4H2,(H,9,10). The van der Waals surface area contributed by atoms with Crippen molar-refractivity contribution in [2.75, 3.05) is 5.75 Å². The van der Waals surface area contributed by atoms with Crippen LogP contribution in [-0.4, -0.2) is 25.6 Å². The highest BCUT2D eigenvalue weighted by atomic mass is 32.3. The normalized spacial score (nSPS) is 37.9. The van der Waals surface area contributed by atoms with Crippen LogP contribution in [0.3, 0.4) is 0 Å². The lowest BCUT2D eigenvalue weighted by molar-refractivity contribution is -0.124. The minimum atomic E-state index is -4.49. The summed E-state index contributed by atoms with van der Waals surface area (Å²) in [5.74, 6) is -0.793. The van der Waals surface area contributed by atoms with Crippen molar-refractivity contribution < 1.29 is 17.1 Å². The molecule has 1 aliphatic heterocycles. The lowest BCUT2D eigenvalue weighted by atomic mass is 10.0. The molecule has 0 aromatic carbocycles. The number of carbonyl (C=O) groups is 1. The molecule has 0 aromatic rings. The number of halogens is 1. The molecule has 1 heterocycles. The topological polar surface area (TPSA) is 63.2 Å². The van der Waals surface area contributed by atoms with Crippen molar-refractivity contribution in [1.29, 1.82) is 0 Å². The molecule has 4 nitrogen and oxygen atoms in total. The van der Waals surface area contributed by atoms with E-state index in [9.17, 15) is 17.1 Å². The molecule has 1 amide bonds. The summed E-state index contributed by atoms with van der Waals surface area (Å²) in [4.78, 5) is 11.1. The van der Waals surface area contributed by atoms with Gasteiger partial charge in [-0.25, -0.2) is 0 Å². The number of rotatable bonds is 2. The molecule has 1 saturated heterocycles. The first kappa shape index (κ1) is 8.93. The van der Waals surface area contributed by atoms with Gasteiger partial charge in [-0.1, -0.05) is 0 Å². The smallest absolute Gasteiger partial charge is 0.304 e. The Labute approximate surface area is 75.7 Å². The van der Waals surface area contributed by atoms with E-state index in [1.165, 1.54) is 0 Å². The zero-order valence-electron chi connectivity index (χ0n) is 6.92. The van der Waals surface area contributed by atoms with Gasteiger partial charge in [-0.05, 0) is 19.3 Å². The number of carbonyl (C=O) groups excluding carboxylic acids is 1. The molecule has 0 aromatic heterocycles. The van der Waals surface area contributed by atoms with Gasteiger partial charge in [0.15, 0.2) is 0 Å². The van der Waals surface area contributed by atoms with Gasteiger partial charge < -0.3 is 5.32 Å². The van der Waals surface area contributed by atoms with Crippen LogP contribution in [0.4, 0.5) is 3.89 Å². The number of nitrogens with one attached hydrogen (secondary N) is 1. The highest BCUT2D eigenvalue weighted by Crippen LogP contribution is 2.41. The van der Waals surface area contributed by atoms with Crippen LogP contribution < -0.4 is 5.32 Å². The van der Waals surface area contributed by atoms with Crippen LogP contribution in [0.25, 0.3) is 0 Å². The fraction of sp³-hybridized carbons (Fsp3) is 0.857. The molecule has 1 aliphatic carbocycles. The van der Waals surface area contributed by atoms with Gasteiger partial charge in [-0.2, -0.15) is 8.42 Å². The van der Waals surface area contributed by atoms with E-state index in [1.54, 1.807) is 0 Å². The average molecular weight is 207 g/mol. The zero-order chi connectivity index (χ0) is 9.69. The van der Waals surface area contributed by atoms with Crippen molar-refractivity contribution in [2.45, 2.75) is 24.8 Å². The van der Waals surface area contributed by atoms with E-state index in [2.05, 4.69) is 5.32 Å². The summed E-state index contributed by atoms with van der Waals surface area (Å²) in [6.45, 7) is 0. The fourth-order valence-corrected chi connectivity index (χ4v) is 3.32. The van der Waals surface area contributed by atoms with Crippen LogP contribution in [-0.2, 0) is 15.0 Å². The van der Waals surface area contributed by atoms with Crippen LogP contribution in [0.5, 0.6) is 0 Å². The molecule has 74 valence electrons. The van der Waals surface area contributed by atoms with Crippen molar-refractivity contribution in [3.8, 4) is 0 Å². The molecule has 0 spiro atoms. The molecule has 0 radical (unpaired) electrons. The maximum absolute atomic E-state index is 12.4. The van der Waals surface area contributed by atoms with Crippen LogP contribution in [0, 0.1) is 5.92 Å². The maximum atomic E-state index is 12.4. The molecule has 2 unspecified atom stereocenters. The monoisotopic (exact) mass is 207 g/mol. The summed E-state index contributed by atoms with van der Waals surface area (Å²) < 4.78 is 33.4. The van der Waals surface area contributed by atoms with E-state index < -0.39 is 21.5 Å². The maximum Gasteiger partial charge on any atom is 0.304 e. The van der Waals surface area contributed by atoms with Gasteiger partial charge in [0.25, 0.3) is 0 Å². The van der Waals surface area contributed by atoms with E-state index in [4.69, 9.17) is 0 Å². The summed E-state index contributed by atoms with van der Waals surface area (Å²) in [5, 5.41) is 2.57. The third-order valence-electron chi connectivity index (χ3n) is 2.82. The fourth-order valence-electron chi connectivity index (χ4n) is 2.32. The second-order valence-electron chi connectivity index (χ2n) is 3.89. The quantitative estimate of drug-likeness (QED) is 0.646. The van der Waals surface area contributed by atoms with E-state index in [0.29, 0.717) is 19.3 Å². The first-order valence-corrected chi connectivity index (χ1v) is 5.70. The number of piperidine rings is 1. The molecule has 2 fully saturated rings. The number of amides is 1. The Morgan fingerprint density at radius 1 is 1.62 bits per heavy atom. The first-order valence-electron chi connectivity index (χ1n) is 4.15. The molecule has 2 atom stereocenters. The summed E-state index contributed by atoms with van der Waals surface area (Å²) in [7, 11) is -4.49. The third kappa shape index (κ3) is 1.54. The highest BCUT2D eigenvalue weighted by molar-refractivity contribution is 7.86. The van der Waals surface area contributed by atoms with E-state index in [-0.39, 0.29) is 11.8 Å². The zero-order valence-corrected chi connectivity index (χ0v) is 7.73. The van der Waals surface area contributed by atoms with Crippen LogP contribution >= 0.6 is 0 Å². The van der Waals surface area contributed by atoms with E-state index in [1.807, 2.05) is 0 Å². The van der Waals surface area contributed by atoms with Crippen molar-refractivity contribution in [3.05, 3.63) is 0 Å². The van der Waals surface area contributed by atoms with Gasteiger partial charge in [0.2, 0.25) is 5.91 Å². The second-order valence-corrected chi connectivity index (χ2v) is 5.26. The number of hydrogen-bond acceptors (Lipinski definition) is 3. The largest absolute Gasteiger partial charge is 0.349 e. The molecule has 2 aliphatic rings. The van der Waals surface area contributed by atoms with Crippen molar-refractivity contribution in [1.82, 2.24) is 5.32 Å². The molecule has 1 saturated carbocycles. The first-order chi connectivity index (χ1) is 5.90. The predicted octanol–water partition coefficient (Wildman–Crippen LogP) is -0.0456. The number of hydrogen-bond donors (Lipinski definition) is 1. The van der Waals surface area contributed by atoms with Gasteiger partial charge in [-0.15, -0.1) is 3.89 Å². The molecule has 2 rings (SSSR count). The Hall–Kier alpha value is -0.650. The van der Waals surface area contributed by atoms with Gasteiger partial charge in [-0.3, -0.25) is 4.79 Å². The van der Waals surface area contributed by atoms with Crippen molar-refractivity contribution in [3.63, 3.8) is 0 Å². The second kappa shape index (κ2) is 2.43. The third-order valence-corrected chi connectivity index (χ3v) is 3.71. The van der Waals surface area contributed by atoms with Crippen molar-refractivity contribution in [2.24, 2.45) is 5.92 Å². The molecule has 2 bridgehead atoms. The van der Waals surface area contributed by atoms with Gasteiger partial charge in [0, 0.05) is 5.92 Å². The predicted molar refractivity (Wildman–Crippen MR) is 43.1 cm³/mol. The Balaban J connectivity index is 2.19. The summed E-state index contributed by atoms with van der Waals surface area (Å²) >= 11 is 0. The Bertz CT molecular complexity index is 353.